The van der Waals surface area contributed by atoms with Crippen molar-refractivity contribution < 1.29 is 17.9 Å². The first-order valence-electron chi connectivity index (χ1n) is 6.51. The summed E-state index contributed by atoms with van der Waals surface area (Å²) in [5, 5.41) is 8.99. The molecule has 0 fully saturated rings. The standard InChI is InChI=1S/C13H21FN2O3S/c1-3-4-5-16(6-7-17)20(18,19)13-9-12(15)10(2)8-11(13)14/h8-9,17H,3-7,15H2,1-2H3. The zero-order valence-electron chi connectivity index (χ0n) is 11.8. The van der Waals surface area contributed by atoms with Crippen molar-refractivity contribution in [2.24, 2.45) is 0 Å². The van der Waals surface area contributed by atoms with Gasteiger partial charge in [-0.2, -0.15) is 4.31 Å². The number of nitrogens with zero attached hydrogens (tertiary/aromatic N) is 1. The minimum atomic E-state index is -3.99. The van der Waals surface area contributed by atoms with Crippen molar-refractivity contribution in [1.29, 1.82) is 0 Å². The first-order valence-corrected chi connectivity index (χ1v) is 7.95. The van der Waals surface area contributed by atoms with Crippen LogP contribution in [-0.2, 0) is 10.0 Å². The fraction of sp³-hybridized carbons (Fsp3) is 0.538. The number of aliphatic hydroxyl groups is 1. The molecule has 0 aliphatic heterocycles. The van der Waals surface area contributed by atoms with Gasteiger partial charge in [0.2, 0.25) is 10.0 Å². The van der Waals surface area contributed by atoms with Gasteiger partial charge >= 0.3 is 0 Å². The van der Waals surface area contributed by atoms with Crippen molar-refractivity contribution in [3.05, 3.63) is 23.5 Å². The molecule has 1 rings (SSSR count). The molecule has 1 aromatic carbocycles. The largest absolute Gasteiger partial charge is 0.398 e. The highest BCUT2D eigenvalue weighted by molar-refractivity contribution is 7.89. The Labute approximate surface area is 119 Å². The molecular weight excluding hydrogens is 283 g/mol. The molecule has 3 N–H and O–H groups in total. The summed E-state index contributed by atoms with van der Waals surface area (Å²) in [5.74, 6) is -0.823. The summed E-state index contributed by atoms with van der Waals surface area (Å²) in [6.07, 6.45) is 1.44. The predicted molar refractivity (Wildman–Crippen MR) is 76.3 cm³/mol. The maximum Gasteiger partial charge on any atom is 0.246 e. The fourth-order valence-electron chi connectivity index (χ4n) is 1.80. The Morgan fingerprint density at radius 2 is 2.00 bits per heavy atom. The smallest absolute Gasteiger partial charge is 0.246 e. The second kappa shape index (κ2) is 7.01. The molecule has 0 heterocycles. The topological polar surface area (TPSA) is 83.6 Å². The van der Waals surface area contributed by atoms with E-state index in [4.69, 9.17) is 10.8 Å². The SMILES string of the molecule is CCCCN(CCO)S(=O)(=O)c1cc(N)c(C)cc1F. The van der Waals surface area contributed by atoms with Gasteiger partial charge in [-0.05, 0) is 31.0 Å². The van der Waals surface area contributed by atoms with Crippen molar-refractivity contribution in [2.75, 3.05) is 25.4 Å². The summed E-state index contributed by atoms with van der Waals surface area (Å²) in [6.45, 7) is 3.40. The average molecular weight is 304 g/mol. The van der Waals surface area contributed by atoms with Gasteiger partial charge in [0.15, 0.2) is 0 Å². The molecule has 0 aliphatic rings. The van der Waals surface area contributed by atoms with Crippen LogP contribution in [0.1, 0.15) is 25.3 Å². The minimum absolute atomic E-state index is 0.0600. The van der Waals surface area contributed by atoms with Crippen LogP contribution >= 0.6 is 0 Å². The van der Waals surface area contributed by atoms with Gasteiger partial charge in [0, 0.05) is 18.8 Å². The summed E-state index contributed by atoms with van der Waals surface area (Å²) in [7, 11) is -3.99. The Balaban J connectivity index is 3.22. The molecule has 114 valence electrons. The van der Waals surface area contributed by atoms with Crippen LogP contribution in [0.4, 0.5) is 10.1 Å². The maximum atomic E-state index is 13.9. The summed E-state index contributed by atoms with van der Waals surface area (Å²) >= 11 is 0. The van der Waals surface area contributed by atoms with E-state index in [9.17, 15) is 12.8 Å². The zero-order valence-corrected chi connectivity index (χ0v) is 12.6. The van der Waals surface area contributed by atoms with Crippen molar-refractivity contribution >= 4 is 15.7 Å². The normalized spacial score (nSPS) is 12.1. The van der Waals surface area contributed by atoms with Crippen molar-refractivity contribution in [2.45, 2.75) is 31.6 Å². The monoisotopic (exact) mass is 304 g/mol. The fourth-order valence-corrected chi connectivity index (χ4v) is 3.35. The van der Waals surface area contributed by atoms with Gasteiger partial charge in [-0.1, -0.05) is 13.3 Å². The summed E-state index contributed by atoms with van der Waals surface area (Å²) in [4.78, 5) is -0.440. The zero-order chi connectivity index (χ0) is 15.3. The lowest BCUT2D eigenvalue weighted by Gasteiger charge is -2.21. The first-order chi connectivity index (χ1) is 9.34. The second-order valence-electron chi connectivity index (χ2n) is 4.62. The van der Waals surface area contributed by atoms with Crippen LogP contribution in [0.15, 0.2) is 17.0 Å². The van der Waals surface area contributed by atoms with Crippen molar-refractivity contribution in [3.63, 3.8) is 0 Å². The Morgan fingerprint density at radius 3 is 2.55 bits per heavy atom. The molecule has 7 heteroatoms. The molecule has 0 bridgehead atoms. The number of aliphatic hydroxyl groups excluding tert-OH is 1. The van der Waals surface area contributed by atoms with E-state index in [0.29, 0.717) is 12.0 Å². The van der Waals surface area contributed by atoms with Crippen LogP contribution in [0.2, 0.25) is 0 Å². The molecule has 5 nitrogen and oxygen atoms in total. The van der Waals surface area contributed by atoms with Crippen LogP contribution in [-0.4, -0.2) is 37.5 Å². The Kier molecular flexibility index (Phi) is 5.91. The van der Waals surface area contributed by atoms with E-state index in [1.165, 1.54) is 0 Å². The number of sulfonamides is 1. The summed E-state index contributed by atoms with van der Waals surface area (Å²) in [5.41, 5.74) is 6.38. The van der Waals surface area contributed by atoms with E-state index in [2.05, 4.69) is 0 Å². The first kappa shape index (κ1) is 16.9. The lowest BCUT2D eigenvalue weighted by molar-refractivity contribution is 0.252. The van der Waals surface area contributed by atoms with E-state index in [1.54, 1.807) is 6.92 Å². The Morgan fingerprint density at radius 1 is 1.35 bits per heavy atom. The van der Waals surface area contributed by atoms with Gasteiger partial charge < -0.3 is 10.8 Å². The third kappa shape index (κ3) is 3.68. The molecule has 0 aromatic heterocycles. The molecule has 0 spiro atoms. The van der Waals surface area contributed by atoms with Crippen LogP contribution in [0.25, 0.3) is 0 Å². The van der Waals surface area contributed by atoms with Crippen molar-refractivity contribution in [3.8, 4) is 0 Å². The number of nitrogen functional groups attached to an aromatic ring is 1. The number of rotatable bonds is 7. The maximum absolute atomic E-state index is 13.9. The highest BCUT2D eigenvalue weighted by Gasteiger charge is 2.27. The van der Waals surface area contributed by atoms with E-state index >= 15 is 0 Å². The van der Waals surface area contributed by atoms with E-state index in [1.807, 2.05) is 6.92 Å². The molecule has 20 heavy (non-hydrogen) atoms. The van der Waals surface area contributed by atoms with Crippen LogP contribution in [0, 0.1) is 12.7 Å². The molecule has 0 unspecified atom stereocenters. The lowest BCUT2D eigenvalue weighted by Crippen LogP contribution is -2.35. The molecule has 0 atom stereocenters. The number of nitrogens with two attached hydrogens (primary N) is 1. The highest BCUT2D eigenvalue weighted by atomic mass is 32.2. The van der Waals surface area contributed by atoms with Crippen molar-refractivity contribution in [1.82, 2.24) is 4.31 Å². The second-order valence-corrected chi connectivity index (χ2v) is 6.53. The minimum Gasteiger partial charge on any atom is -0.398 e. The third-order valence-corrected chi connectivity index (χ3v) is 4.96. The summed E-state index contributed by atoms with van der Waals surface area (Å²) < 4.78 is 39.9. The highest BCUT2D eigenvalue weighted by Crippen LogP contribution is 2.24. The quantitative estimate of drug-likeness (QED) is 0.748. The van der Waals surface area contributed by atoms with Gasteiger partial charge in [-0.25, -0.2) is 12.8 Å². The van der Waals surface area contributed by atoms with Gasteiger partial charge in [-0.15, -0.1) is 0 Å². The number of anilines is 1. The van der Waals surface area contributed by atoms with Crippen LogP contribution in [0.5, 0.6) is 0 Å². The third-order valence-electron chi connectivity index (χ3n) is 3.05. The molecule has 0 amide bonds. The van der Waals surface area contributed by atoms with Gasteiger partial charge in [0.25, 0.3) is 0 Å². The number of aryl methyl sites for hydroxylation is 1. The molecule has 0 radical (unpaired) electrons. The molecular formula is C13H21FN2O3S. The molecule has 1 aromatic rings. The number of benzene rings is 1. The molecule has 0 saturated heterocycles. The number of hydrogen-bond donors (Lipinski definition) is 2. The molecule has 0 aliphatic carbocycles. The Bertz CT molecular complexity index is 561. The lowest BCUT2D eigenvalue weighted by atomic mass is 10.2. The van der Waals surface area contributed by atoms with Crippen LogP contribution < -0.4 is 5.73 Å². The van der Waals surface area contributed by atoms with Gasteiger partial charge in [0.05, 0.1) is 6.61 Å². The molecule has 0 saturated carbocycles. The number of hydrogen-bond acceptors (Lipinski definition) is 4. The Hall–Kier alpha value is -1.18. The predicted octanol–water partition coefficient (Wildman–Crippen LogP) is 1.50. The van der Waals surface area contributed by atoms with E-state index in [-0.39, 0.29) is 25.4 Å². The number of halogens is 1. The van der Waals surface area contributed by atoms with E-state index in [0.717, 1.165) is 22.9 Å². The van der Waals surface area contributed by atoms with Crippen LogP contribution in [0.3, 0.4) is 0 Å². The summed E-state index contributed by atoms with van der Waals surface area (Å²) in [6, 6.07) is 2.25. The van der Waals surface area contributed by atoms with E-state index < -0.39 is 20.7 Å². The van der Waals surface area contributed by atoms with Gasteiger partial charge in [-0.3, -0.25) is 0 Å². The number of unbranched alkanes of at least 4 members (excludes halogenated alkanes) is 1. The van der Waals surface area contributed by atoms with Gasteiger partial charge in [0.1, 0.15) is 10.7 Å². The average Bonchev–Trinajstić information content (AvgIpc) is 2.38.